The highest BCUT2D eigenvalue weighted by atomic mass is 16.4. The van der Waals surface area contributed by atoms with Crippen LogP contribution in [0.4, 0.5) is 0 Å². The van der Waals surface area contributed by atoms with Crippen LogP contribution >= 0.6 is 0 Å². The van der Waals surface area contributed by atoms with Crippen LogP contribution in [0.25, 0.3) is 0 Å². The smallest absolute Gasteiger partial charge is 0.335 e. The maximum Gasteiger partial charge on any atom is 0.335 e. The fourth-order valence-electron chi connectivity index (χ4n) is 2.58. The Morgan fingerprint density at radius 1 is 1.40 bits per heavy atom. The second-order valence-electron chi connectivity index (χ2n) is 5.29. The maximum atomic E-state index is 12.5. The van der Waals surface area contributed by atoms with Crippen molar-refractivity contribution in [2.45, 2.75) is 26.2 Å². The largest absolute Gasteiger partial charge is 0.430 e. The van der Waals surface area contributed by atoms with Crippen molar-refractivity contribution in [2.24, 2.45) is 5.92 Å². The first-order valence-corrected chi connectivity index (χ1v) is 7.29. The topological polar surface area (TPSA) is 62.6 Å². The molecule has 1 saturated heterocycles. The molecule has 1 aromatic rings. The highest BCUT2D eigenvalue weighted by Crippen LogP contribution is 2.15. The summed E-state index contributed by atoms with van der Waals surface area (Å²) < 4.78 is 4.78. The number of carbonyl (C=O) groups is 1. The molecule has 0 aliphatic carbocycles. The first-order valence-electron chi connectivity index (χ1n) is 7.29. The van der Waals surface area contributed by atoms with E-state index in [1.807, 2.05) is 4.90 Å². The summed E-state index contributed by atoms with van der Waals surface area (Å²) in [5.74, 6) is 0.511. The van der Waals surface area contributed by atoms with Crippen LogP contribution in [0.15, 0.2) is 27.6 Å². The van der Waals surface area contributed by atoms with Gasteiger partial charge in [-0.1, -0.05) is 6.92 Å². The monoisotopic (exact) mass is 278 g/mol. The molecule has 0 aromatic carbocycles. The van der Waals surface area contributed by atoms with Crippen molar-refractivity contribution in [3.63, 3.8) is 0 Å². The zero-order valence-electron chi connectivity index (χ0n) is 11.9. The fraction of sp³-hybridized carbons (Fsp3) is 0.600. The minimum Gasteiger partial charge on any atom is -0.430 e. The first kappa shape index (κ1) is 14.8. The molecule has 2 heterocycles. The van der Waals surface area contributed by atoms with Crippen LogP contribution in [-0.4, -0.2) is 37.0 Å². The van der Waals surface area contributed by atoms with Crippen LogP contribution in [0.2, 0.25) is 0 Å². The molecule has 0 unspecified atom stereocenters. The predicted octanol–water partition coefficient (Wildman–Crippen LogP) is 1.49. The van der Waals surface area contributed by atoms with Gasteiger partial charge >= 0.3 is 5.63 Å². The summed E-state index contributed by atoms with van der Waals surface area (Å²) in [6, 6.07) is 2.83. The molecule has 1 aliphatic rings. The van der Waals surface area contributed by atoms with E-state index in [0.29, 0.717) is 11.5 Å². The van der Waals surface area contributed by atoms with Gasteiger partial charge in [0.1, 0.15) is 6.26 Å². The van der Waals surface area contributed by atoms with Gasteiger partial charge in [0, 0.05) is 19.2 Å². The summed E-state index contributed by atoms with van der Waals surface area (Å²) in [5, 5.41) is 3.33. The Morgan fingerprint density at radius 3 is 2.75 bits per heavy atom. The number of nitrogens with one attached hydrogen (secondary N) is 1. The van der Waals surface area contributed by atoms with Gasteiger partial charge in [0.05, 0.1) is 5.56 Å². The number of piperidine rings is 1. The minimum atomic E-state index is -0.429. The summed E-state index contributed by atoms with van der Waals surface area (Å²) in [7, 11) is 0. The van der Waals surface area contributed by atoms with Crippen LogP contribution in [0, 0.1) is 5.92 Å². The third kappa shape index (κ3) is 3.93. The number of amides is 1. The van der Waals surface area contributed by atoms with Crippen LogP contribution in [-0.2, 0) is 0 Å². The molecule has 1 aliphatic heterocycles. The van der Waals surface area contributed by atoms with E-state index in [-0.39, 0.29) is 5.91 Å². The van der Waals surface area contributed by atoms with Crippen molar-refractivity contribution in [3.05, 3.63) is 34.4 Å². The van der Waals surface area contributed by atoms with Crippen LogP contribution < -0.4 is 10.9 Å². The molecular weight excluding hydrogens is 256 g/mol. The minimum absolute atomic E-state index is 0.0471. The van der Waals surface area contributed by atoms with E-state index in [1.165, 1.54) is 12.3 Å². The first-order chi connectivity index (χ1) is 9.70. The molecule has 110 valence electrons. The van der Waals surface area contributed by atoms with Gasteiger partial charge in [-0.3, -0.25) is 4.79 Å². The molecule has 20 heavy (non-hydrogen) atoms. The average molecular weight is 278 g/mol. The quantitative estimate of drug-likeness (QED) is 0.886. The Labute approximate surface area is 119 Å². The Kier molecular flexibility index (Phi) is 5.35. The van der Waals surface area contributed by atoms with Gasteiger partial charge in [-0.2, -0.15) is 0 Å². The molecule has 1 fully saturated rings. The molecule has 5 nitrogen and oxygen atoms in total. The Balaban J connectivity index is 2.04. The molecule has 0 atom stereocenters. The van der Waals surface area contributed by atoms with Crippen molar-refractivity contribution in [2.75, 3.05) is 26.2 Å². The fourth-order valence-corrected chi connectivity index (χ4v) is 2.58. The van der Waals surface area contributed by atoms with Crippen molar-refractivity contribution >= 4 is 5.91 Å². The zero-order chi connectivity index (χ0) is 14.4. The third-order valence-corrected chi connectivity index (χ3v) is 3.67. The van der Waals surface area contributed by atoms with Gasteiger partial charge in [-0.05, 0) is 44.3 Å². The number of rotatable bonds is 5. The SMILES string of the molecule is CCCN(CC1CCNCC1)C(=O)c1ccc(=O)oc1. The summed E-state index contributed by atoms with van der Waals surface area (Å²) in [6.45, 7) is 5.64. The molecule has 1 aromatic heterocycles. The molecule has 5 heteroatoms. The Bertz CT molecular complexity index is 472. The molecule has 0 saturated carbocycles. The summed E-state index contributed by atoms with van der Waals surface area (Å²) >= 11 is 0. The van der Waals surface area contributed by atoms with E-state index >= 15 is 0 Å². The molecule has 0 radical (unpaired) electrons. The van der Waals surface area contributed by atoms with Gasteiger partial charge in [0.2, 0.25) is 0 Å². The maximum absolute atomic E-state index is 12.5. The second-order valence-corrected chi connectivity index (χ2v) is 5.29. The number of nitrogens with zero attached hydrogens (tertiary/aromatic N) is 1. The van der Waals surface area contributed by atoms with Crippen molar-refractivity contribution in [1.29, 1.82) is 0 Å². The Morgan fingerprint density at radius 2 is 2.15 bits per heavy atom. The van der Waals surface area contributed by atoms with E-state index < -0.39 is 5.63 Å². The highest BCUT2D eigenvalue weighted by Gasteiger charge is 2.21. The van der Waals surface area contributed by atoms with Crippen LogP contribution in [0.1, 0.15) is 36.5 Å². The molecule has 2 rings (SSSR count). The van der Waals surface area contributed by atoms with Crippen LogP contribution in [0.3, 0.4) is 0 Å². The zero-order valence-corrected chi connectivity index (χ0v) is 11.9. The normalized spacial score (nSPS) is 16.1. The second kappa shape index (κ2) is 7.24. The van der Waals surface area contributed by atoms with E-state index in [0.717, 1.165) is 45.4 Å². The average Bonchev–Trinajstić information content (AvgIpc) is 2.48. The standard InChI is InChI=1S/C15H22N2O3/c1-2-9-17(10-12-5-7-16-8-6-12)15(19)13-3-4-14(18)20-11-13/h3-4,11-12,16H,2,5-10H2,1H3. The summed E-state index contributed by atoms with van der Waals surface area (Å²) in [5.41, 5.74) is 0.0222. The number of hydrogen-bond acceptors (Lipinski definition) is 4. The third-order valence-electron chi connectivity index (χ3n) is 3.67. The lowest BCUT2D eigenvalue weighted by Crippen LogP contribution is -2.39. The molecule has 1 N–H and O–H groups in total. The van der Waals surface area contributed by atoms with Crippen molar-refractivity contribution in [1.82, 2.24) is 10.2 Å². The van der Waals surface area contributed by atoms with Gasteiger partial charge in [-0.25, -0.2) is 4.79 Å². The number of carbonyl (C=O) groups excluding carboxylic acids is 1. The molecule has 1 amide bonds. The van der Waals surface area contributed by atoms with Crippen molar-refractivity contribution < 1.29 is 9.21 Å². The van der Waals surface area contributed by atoms with Gasteiger partial charge < -0.3 is 14.6 Å². The van der Waals surface area contributed by atoms with E-state index in [9.17, 15) is 9.59 Å². The molecular formula is C15H22N2O3. The van der Waals surface area contributed by atoms with E-state index in [4.69, 9.17) is 4.42 Å². The lowest BCUT2D eigenvalue weighted by molar-refractivity contribution is 0.0713. The van der Waals surface area contributed by atoms with E-state index in [2.05, 4.69) is 12.2 Å². The van der Waals surface area contributed by atoms with Crippen molar-refractivity contribution in [3.8, 4) is 0 Å². The van der Waals surface area contributed by atoms with Crippen LogP contribution in [0.5, 0.6) is 0 Å². The van der Waals surface area contributed by atoms with Gasteiger partial charge in [0.25, 0.3) is 5.91 Å². The summed E-state index contributed by atoms with van der Waals surface area (Å²) in [6.07, 6.45) is 4.40. The lowest BCUT2D eigenvalue weighted by Gasteiger charge is -2.30. The van der Waals surface area contributed by atoms with E-state index in [1.54, 1.807) is 6.07 Å². The Hall–Kier alpha value is -1.62. The summed E-state index contributed by atoms with van der Waals surface area (Å²) in [4.78, 5) is 25.3. The lowest BCUT2D eigenvalue weighted by atomic mass is 9.97. The predicted molar refractivity (Wildman–Crippen MR) is 76.8 cm³/mol. The number of hydrogen-bond donors (Lipinski definition) is 1. The highest BCUT2D eigenvalue weighted by molar-refractivity contribution is 5.93. The molecule has 0 bridgehead atoms. The molecule has 0 spiro atoms. The van der Waals surface area contributed by atoms with Gasteiger partial charge in [-0.15, -0.1) is 0 Å². The van der Waals surface area contributed by atoms with Gasteiger partial charge in [0.15, 0.2) is 0 Å².